The van der Waals surface area contributed by atoms with Crippen molar-refractivity contribution in [2.24, 2.45) is 22.1 Å². The molecule has 2 fully saturated rings. The Labute approximate surface area is 317 Å². The summed E-state index contributed by atoms with van der Waals surface area (Å²) in [6.45, 7) is 4.42. The van der Waals surface area contributed by atoms with Crippen LogP contribution in [0.4, 0.5) is 10.5 Å². The van der Waals surface area contributed by atoms with Crippen molar-refractivity contribution in [3.05, 3.63) is 94.8 Å². The molecule has 0 radical (unpaired) electrons. The lowest BCUT2D eigenvalue weighted by molar-refractivity contribution is 0.0133. The number of nitrogens with one attached hydrogen (secondary N) is 1. The SMILES string of the molecule is CO[C@H]1/C=C/C[C@H](C)CS(=O)(NC(=O)N2CC(Oc3cccnc3)C2)=NC(=O)c2ccc3c(c2)N(Cc2ccc(Cl)cc2CCCCO3)C[C@@H]2CC[C@H]21. The van der Waals surface area contributed by atoms with Crippen LogP contribution < -0.4 is 19.1 Å². The van der Waals surface area contributed by atoms with Crippen LogP contribution in [0.3, 0.4) is 0 Å². The van der Waals surface area contributed by atoms with Gasteiger partial charge < -0.3 is 24.0 Å². The van der Waals surface area contributed by atoms with E-state index in [4.69, 9.17) is 25.8 Å². The number of carbonyl (C=O) groups is 2. The van der Waals surface area contributed by atoms with Crippen molar-refractivity contribution in [1.82, 2.24) is 14.6 Å². The zero-order valence-electron chi connectivity index (χ0n) is 30.3. The number of pyridine rings is 1. The number of nitrogens with zero attached hydrogens (tertiary/aromatic N) is 4. The van der Waals surface area contributed by atoms with E-state index in [9.17, 15) is 13.8 Å². The molecule has 53 heavy (non-hydrogen) atoms. The van der Waals surface area contributed by atoms with Crippen LogP contribution in [0.15, 0.2) is 77.4 Å². The zero-order chi connectivity index (χ0) is 37.0. The third kappa shape index (κ3) is 8.99. The molecule has 4 aliphatic rings. The first-order chi connectivity index (χ1) is 25.7. The molecule has 2 aromatic carbocycles. The summed E-state index contributed by atoms with van der Waals surface area (Å²) in [5.74, 6) is 1.17. The van der Waals surface area contributed by atoms with E-state index in [-0.39, 0.29) is 29.4 Å². The molecule has 282 valence electrons. The molecule has 0 spiro atoms. The van der Waals surface area contributed by atoms with Crippen LogP contribution in [-0.4, -0.2) is 77.3 Å². The number of urea groups is 1. The summed E-state index contributed by atoms with van der Waals surface area (Å²) in [7, 11) is -1.78. The van der Waals surface area contributed by atoms with Gasteiger partial charge in [-0.1, -0.05) is 36.7 Å². The average Bonchev–Trinajstić information content (AvgIpc) is 3.13. The van der Waals surface area contributed by atoms with Gasteiger partial charge >= 0.3 is 6.03 Å². The Morgan fingerprint density at radius 1 is 1.08 bits per heavy atom. The van der Waals surface area contributed by atoms with Crippen LogP contribution in [0.2, 0.25) is 5.02 Å². The van der Waals surface area contributed by atoms with Gasteiger partial charge in [-0.2, -0.15) is 0 Å². The molecular weight excluding hydrogens is 714 g/mol. The molecule has 7 rings (SSSR count). The number of fused-ring (bicyclic) bond motifs is 3. The van der Waals surface area contributed by atoms with Crippen molar-refractivity contribution >= 4 is 39.1 Å². The van der Waals surface area contributed by atoms with Crippen molar-refractivity contribution in [2.75, 3.05) is 44.0 Å². The first-order valence-corrected chi connectivity index (χ1v) is 20.6. The van der Waals surface area contributed by atoms with Crippen molar-refractivity contribution in [1.29, 1.82) is 0 Å². The standard InChI is InChI=1S/C40H48ClN5O6S/c1-27-7-5-10-37(50-2)35-15-12-31(35)23-45-22-30-11-14-32(41)19-28(30)8-3-4-18-51-38-16-13-29(20-36(38)45)39(47)43-53(49,26-27)44-40(48)46-24-34(25-46)52-33-9-6-17-42-21-33/h5-6,9-11,13-14,16-17,19-21,27,31,34-35,37H,3-4,7-8,12,15,18,22-26H2,1-2H3,(H,43,44,47,48,49)/b10-5+/t27-,31-,35+,37-,53?/m0/s1. The molecule has 1 unspecified atom stereocenters. The van der Waals surface area contributed by atoms with Gasteiger partial charge in [0.1, 0.15) is 27.5 Å². The highest BCUT2D eigenvalue weighted by Crippen LogP contribution is 2.42. The first kappa shape index (κ1) is 37.2. The number of aromatic nitrogens is 1. The Kier molecular flexibility index (Phi) is 11.6. The van der Waals surface area contributed by atoms with Gasteiger partial charge in [0.2, 0.25) is 0 Å². The zero-order valence-corrected chi connectivity index (χ0v) is 31.9. The number of allylic oxidation sites excluding steroid dienone is 1. The molecule has 13 heteroatoms. The highest BCUT2D eigenvalue weighted by Gasteiger charge is 2.38. The number of aryl methyl sites for hydroxylation is 1. The minimum absolute atomic E-state index is 0.00148. The van der Waals surface area contributed by atoms with Crippen LogP contribution in [0.1, 0.15) is 60.5 Å². The highest BCUT2D eigenvalue weighted by molar-refractivity contribution is 7.92. The Morgan fingerprint density at radius 2 is 1.94 bits per heavy atom. The predicted molar refractivity (Wildman–Crippen MR) is 206 cm³/mol. The first-order valence-electron chi connectivity index (χ1n) is 18.6. The van der Waals surface area contributed by atoms with E-state index < -0.39 is 21.9 Å². The molecule has 2 bridgehead atoms. The van der Waals surface area contributed by atoms with E-state index in [1.807, 2.05) is 25.1 Å². The van der Waals surface area contributed by atoms with E-state index in [0.717, 1.165) is 44.3 Å². The monoisotopic (exact) mass is 761 g/mol. The van der Waals surface area contributed by atoms with Crippen molar-refractivity contribution in [3.8, 4) is 11.5 Å². The summed E-state index contributed by atoms with van der Waals surface area (Å²) in [6, 6.07) is 14.4. The number of methoxy groups -OCH3 is 1. The molecule has 1 aromatic heterocycles. The van der Waals surface area contributed by atoms with Crippen molar-refractivity contribution < 1.29 is 28.0 Å². The third-order valence-electron chi connectivity index (χ3n) is 10.7. The fourth-order valence-electron chi connectivity index (χ4n) is 7.66. The van der Waals surface area contributed by atoms with Gasteiger partial charge in [0.05, 0.1) is 43.4 Å². The number of anilines is 1. The molecule has 3 aromatic rings. The predicted octanol–water partition coefficient (Wildman–Crippen LogP) is 7.09. The van der Waals surface area contributed by atoms with Crippen LogP contribution in [0.25, 0.3) is 0 Å². The Morgan fingerprint density at radius 3 is 2.72 bits per heavy atom. The minimum atomic E-state index is -3.54. The molecule has 11 nitrogen and oxygen atoms in total. The van der Waals surface area contributed by atoms with Gasteiger partial charge in [0, 0.05) is 37.0 Å². The molecule has 1 saturated carbocycles. The smallest absolute Gasteiger partial charge is 0.330 e. The van der Waals surface area contributed by atoms with Gasteiger partial charge in [-0.3, -0.25) is 14.5 Å². The Balaban J connectivity index is 1.22. The second-order valence-electron chi connectivity index (χ2n) is 14.7. The second kappa shape index (κ2) is 16.5. The number of likely N-dealkylation sites (tertiary alicyclic amines) is 1. The van der Waals surface area contributed by atoms with Crippen LogP contribution in [0, 0.1) is 17.8 Å². The summed E-state index contributed by atoms with van der Waals surface area (Å²) in [5, 5.41) is 0.712. The summed E-state index contributed by atoms with van der Waals surface area (Å²) in [5.41, 5.74) is 3.44. The molecule has 5 atom stereocenters. The Bertz CT molecular complexity index is 1950. The maximum absolute atomic E-state index is 14.6. The van der Waals surface area contributed by atoms with Gasteiger partial charge in [0.25, 0.3) is 5.91 Å². The number of amides is 3. The number of hydrogen-bond acceptors (Lipinski definition) is 8. The van der Waals surface area contributed by atoms with Crippen molar-refractivity contribution in [2.45, 2.75) is 64.2 Å². The lowest BCUT2D eigenvalue weighted by Gasteiger charge is -2.43. The lowest BCUT2D eigenvalue weighted by Crippen LogP contribution is -2.59. The Hall–Kier alpha value is -4.13. The van der Waals surface area contributed by atoms with E-state index in [1.54, 1.807) is 37.7 Å². The number of hydrogen-bond donors (Lipinski definition) is 1. The number of rotatable bonds is 4. The van der Waals surface area contributed by atoms with Crippen molar-refractivity contribution in [3.63, 3.8) is 0 Å². The van der Waals surface area contributed by atoms with Gasteiger partial charge in [-0.15, -0.1) is 4.36 Å². The van der Waals surface area contributed by atoms with Gasteiger partial charge in [0.15, 0.2) is 0 Å². The average molecular weight is 762 g/mol. The maximum Gasteiger partial charge on any atom is 0.330 e. The molecule has 1 aliphatic carbocycles. The second-order valence-corrected chi connectivity index (χ2v) is 17.1. The van der Waals surface area contributed by atoms with Crippen LogP contribution >= 0.6 is 11.6 Å². The number of carbonyl (C=O) groups excluding carboxylic acids is 2. The summed E-state index contributed by atoms with van der Waals surface area (Å²) < 4.78 is 39.9. The van der Waals surface area contributed by atoms with Gasteiger partial charge in [-0.05, 0) is 110 Å². The van der Waals surface area contributed by atoms with E-state index in [0.29, 0.717) is 61.0 Å². The number of benzene rings is 2. The molecule has 1 saturated heterocycles. The van der Waals surface area contributed by atoms with E-state index in [2.05, 4.69) is 43.3 Å². The fraction of sp³-hybridized carbons (Fsp3) is 0.475. The molecule has 4 heterocycles. The fourth-order valence-corrected chi connectivity index (χ4v) is 9.74. The van der Waals surface area contributed by atoms with Crippen LogP contribution in [-0.2, 0) is 27.6 Å². The van der Waals surface area contributed by atoms with Crippen LogP contribution in [0.5, 0.6) is 11.5 Å². The largest absolute Gasteiger partial charge is 0.491 e. The molecule has 3 aliphatic heterocycles. The summed E-state index contributed by atoms with van der Waals surface area (Å²) >= 11 is 6.47. The molecular formula is C40H48ClN5O6S. The lowest BCUT2D eigenvalue weighted by atomic mass is 9.70. The van der Waals surface area contributed by atoms with E-state index >= 15 is 0 Å². The van der Waals surface area contributed by atoms with Gasteiger partial charge in [-0.25, -0.2) is 9.00 Å². The quantitative estimate of drug-likeness (QED) is 0.280. The molecule has 3 amide bonds. The van der Waals surface area contributed by atoms with E-state index in [1.165, 1.54) is 16.0 Å². The topological polar surface area (TPSA) is 123 Å². The highest BCUT2D eigenvalue weighted by atomic mass is 35.5. The maximum atomic E-state index is 14.6. The summed E-state index contributed by atoms with van der Waals surface area (Å²) in [6.07, 6.45) is 12.6. The normalized spacial score (nSPS) is 27.3. The minimum Gasteiger partial charge on any atom is -0.491 e. The number of halogens is 1. The molecule has 1 N–H and O–H groups in total. The third-order valence-corrected chi connectivity index (χ3v) is 12.9. The summed E-state index contributed by atoms with van der Waals surface area (Å²) in [4.78, 5) is 35.4. The number of ether oxygens (including phenoxy) is 3.